The summed E-state index contributed by atoms with van der Waals surface area (Å²) in [4.78, 5) is 54.2. The van der Waals surface area contributed by atoms with E-state index in [1.165, 1.54) is 14.1 Å². The molecule has 2 unspecified atom stereocenters. The van der Waals surface area contributed by atoms with Gasteiger partial charge in [0.15, 0.2) is 0 Å². The van der Waals surface area contributed by atoms with Gasteiger partial charge in [-0.25, -0.2) is 14.5 Å². The molecule has 238 valence electrons. The molecule has 1 fully saturated rings. The van der Waals surface area contributed by atoms with E-state index in [4.69, 9.17) is 21.3 Å². The van der Waals surface area contributed by atoms with E-state index >= 15 is 0 Å². The Hall–Kier alpha value is -4.81. The first-order valence-electron chi connectivity index (χ1n) is 15.0. The molecule has 3 heterocycles. The fraction of sp³-hybridized carbons (Fsp3) is 0.333. The summed E-state index contributed by atoms with van der Waals surface area (Å²) in [6, 6.07) is 13.4. The standard InChI is InChI=1S/C33H34ClN7O5/c1-17-20(7-6-10-23(17)37-30(43)29-32(44)40(2)33(45)41(3)39-29)21-8-5-9-22(28(21)34)25-15-18-11-13-24(27(18)31(38-25)46-4)35-16-19-12-14-26(42)36-19/h5-10,15,19,24,35H,11-14,16H2,1-4H3,(H,36,42)(H,37,43). The Kier molecular flexibility index (Phi) is 8.49. The molecule has 1 aliphatic carbocycles. The van der Waals surface area contributed by atoms with Crippen molar-refractivity contribution in [3.63, 3.8) is 0 Å². The number of amides is 2. The Morgan fingerprint density at radius 2 is 1.80 bits per heavy atom. The number of carbonyl (C=O) groups is 2. The average Bonchev–Trinajstić information content (AvgIpc) is 3.66. The number of ether oxygens (including phenoxy) is 1. The summed E-state index contributed by atoms with van der Waals surface area (Å²) in [5, 5.41) is 13.7. The number of hydrogen-bond acceptors (Lipinski definition) is 8. The normalized spacial score (nSPS) is 17.1. The highest BCUT2D eigenvalue weighted by Gasteiger charge is 2.30. The fourth-order valence-corrected chi connectivity index (χ4v) is 6.57. The van der Waals surface area contributed by atoms with E-state index in [1.54, 1.807) is 19.2 Å². The molecule has 0 radical (unpaired) electrons. The molecule has 3 N–H and O–H groups in total. The van der Waals surface area contributed by atoms with Crippen molar-refractivity contribution in [2.24, 2.45) is 14.1 Å². The number of carbonyl (C=O) groups excluding carboxylic acids is 2. The lowest BCUT2D eigenvalue weighted by Crippen LogP contribution is -2.43. The largest absolute Gasteiger partial charge is 0.481 e. The highest BCUT2D eigenvalue weighted by atomic mass is 35.5. The third-order valence-electron chi connectivity index (χ3n) is 8.73. The number of pyridine rings is 1. The monoisotopic (exact) mass is 643 g/mol. The van der Waals surface area contributed by atoms with Crippen LogP contribution in [0.2, 0.25) is 5.02 Å². The lowest BCUT2D eigenvalue weighted by molar-refractivity contribution is -0.119. The maximum absolute atomic E-state index is 13.1. The molecule has 4 aromatic rings. The Morgan fingerprint density at radius 1 is 1.07 bits per heavy atom. The predicted octanol–water partition coefficient (Wildman–Crippen LogP) is 3.29. The Balaban J connectivity index is 1.29. The third-order valence-corrected chi connectivity index (χ3v) is 9.14. The van der Waals surface area contributed by atoms with Crippen LogP contribution >= 0.6 is 11.6 Å². The summed E-state index contributed by atoms with van der Waals surface area (Å²) in [6.45, 7) is 2.53. The van der Waals surface area contributed by atoms with Crippen molar-refractivity contribution in [2.45, 2.75) is 44.7 Å². The van der Waals surface area contributed by atoms with Gasteiger partial charge in [-0.05, 0) is 55.0 Å². The topological polar surface area (TPSA) is 149 Å². The van der Waals surface area contributed by atoms with Gasteiger partial charge in [0.1, 0.15) is 0 Å². The molecule has 0 bridgehead atoms. The van der Waals surface area contributed by atoms with Crippen LogP contribution < -0.4 is 31.9 Å². The van der Waals surface area contributed by atoms with Crippen LogP contribution in [-0.2, 0) is 25.3 Å². The van der Waals surface area contributed by atoms with Crippen LogP contribution in [0, 0.1) is 6.92 Å². The zero-order valence-electron chi connectivity index (χ0n) is 25.9. The van der Waals surface area contributed by atoms with Gasteiger partial charge in [0.25, 0.3) is 11.5 Å². The zero-order valence-corrected chi connectivity index (χ0v) is 26.7. The molecule has 1 saturated heterocycles. The highest BCUT2D eigenvalue weighted by molar-refractivity contribution is 6.36. The number of methoxy groups -OCH3 is 1. The Bertz CT molecular complexity index is 2000. The summed E-state index contributed by atoms with van der Waals surface area (Å²) >= 11 is 7.08. The molecule has 0 spiro atoms. The smallest absolute Gasteiger partial charge is 0.346 e. The molecule has 2 aromatic carbocycles. The van der Waals surface area contributed by atoms with Crippen molar-refractivity contribution in [3.05, 3.63) is 90.7 Å². The number of hydrogen-bond donors (Lipinski definition) is 3. The van der Waals surface area contributed by atoms with Crippen LogP contribution in [0.4, 0.5) is 5.69 Å². The second-order valence-corrected chi connectivity index (χ2v) is 12.0. The fourth-order valence-electron chi connectivity index (χ4n) is 6.24. The van der Waals surface area contributed by atoms with E-state index in [2.05, 4.69) is 27.1 Å². The van der Waals surface area contributed by atoms with E-state index in [0.717, 1.165) is 61.9 Å². The number of fused-ring (bicyclic) bond motifs is 1. The van der Waals surface area contributed by atoms with Crippen molar-refractivity contribution >= 4 is 29.1 Å². The molecule has 2 atom stereocenters. The van der Waals surface area contributed by atoms with Crippen LogP contribution in [0.3, 0.4) is 0 Å². The SMILES string of the molecule is COc1nc(-c2cccc(-c3cccc(NC(=O)c4nn(C)c(=O)n(C)c4=O)c3C)c2Cl)cc2c1C(NCC1CCC(=O)N1)CC2. The average molecular weight is 644 g/mol. The second-order valence-electron chi connectivity index (χ2n) is 11.6. The number of nitrogens with one attached hydrogen (secondary N) is 3. The lowest BCUT2D eigenvalue weighted by Gasteiger charge is -2.20. The van der Waals surface area contributed by atoms with Crippen molar-refractivity contribution < 1.29 is 14.3 Å². The third kappa shape index (κ3) is 5.69. The van der Waals surface area contributed by atoms with Crippen LogP contribution in [0.5, 0.6) is 5.88 Å². The van der Waals surface area contributed by atoms with E-state index in [9.17, 15) is 19.2 Å². The number of nitrogens with zero attached hydrogens (tertiary/aromatic N) is 4. The number of rotatable bonds is 8. The minimum atomic E-state index is -0.785. The van der Waals surface area contributed by atoms with Gasteiger partial charge in [-0.2, -0.15) is 5.10 Å². The molecule has 1 aliphatic heterocycles. The van der Waals surface area contributed by atoms with Gasteiger partial charge < -0.3 is 20.7 Å². The molecule has 13 heteroatoms. The maximum Gasteiger partial charge on any atom is 0.346 e. The minimum Gasteiger partial charge on any atom is -0.481 e. The summed E-state index contributed by atoms with van der Waals surface area (Å²) in [7, 11) is 4.28. The minimum absolute atomic E-state index is 0.0718. The zero-order chi connectivity index (χ0) is 32.7. The lowest BCUT2D eigenvalue weighted by atomic mass is 9.96. The molecular weight excluding hydrogens is 610 g/mol. The van der Waals surface area contributed by atoms with Crippen LogP contribution in [0.1, 0.15) is 52.5 Å². The van der Waals surface area contributed by atoms with Gasteiger partial charge in [-0.1, -0.05) is 41.9 Å². The number of anilines is 1. The quantitative estimate of drug-likeness (QED) is 0.265. The summed E-state index contributed by atoms with van der Waals surface area (Å²) in [6.07, 6.45) is 3.14. The van der Waals surface area contributed by atoms with Gasteiger partial charge in [0.05, 0.1) is 17.8 Å². The summed E-state index contributed by atoms with van der Waals surface area (Å²) < 4.78 is 7.56. The van der Waals surface area contributed by atoms with Gasteiger partial charge in [0.2, 0.25) is 17.5 Å². The summed E-state index contributed by atoms with van der Waals surface area (Å²) in [5.41, 5.74) is 4.49. The molecule has 46 heavy (non-hydrogen) atoms. The molecule has 2 amide bonds. The van der Waals surface area contributed by atoms with E-state index in [-0.39, 0.29) is 18.0 Å². The highest BCUT2D eigenvalue weighted by Crippen LogP contribution is 2.43. The number of halogens is 1. The number of aromatic nitrogens is 4. The van der Waals surface area contributed by atoms with Crippen molar-refractivity contribution in [1.82, 2.24) is 30.0 Å². The van der Waals surface area contributed by atoms with Crippen LogP contribution in [-0.4, -0.2) is 50.8 Å². The van der Waals surface area contributed by atoms with Gasteiger partial charge >= 0.3 is 5.69 Å². The first kappa shape index (κ1) is 31.2. The molecule has 2 aliphatic rings. The van der Waals surface area contributed by atoms with E-state index < -0.39 is 22.9 Å². The van der Waals surface area contributed by atoms with Gasteiger partial charge in [-0.15, -0.1) is 0 Å². The molecule has 12 nitrogen and oxygen atoms in total. The maximum atomic E-state index is 13.1. The second kappa shape index (κ2) is 12.5. The molecular formula is C33H34ClN7O5. The molecule has 2 aromatic heterocycles. The van der Waals surface area contributed by atoms with E-state index in [0.29, 0.717) is 35.2 Å². The predicted molar refractivity (Wildman–Crippen MR) is 174 cm³/mol. The van der Waals surface area contributed by atoms with Crippen LogP contribution in [0.25, 0.3) is 22.4 Å². The van der Waals surface area contributed by atoms with Crippen molar-refractivity contribution in [1.29, 1.82) is 0 Å². The van der Waals surface area contributed by atoms with Crippen molar-refractivity contribution in [2.75, 3.05) is 19.0 Å². The molecule has 6 rings (SSSR count). The van der Waals surface area contributed by atoms with Crippen LogP contribution in [0.15, 0.2) is 52.1 Å². The summed E-state index contributed by atoms with van der Waals surface area (Å²) in [5.74, 6) is -0.0935. The Morgan fingerprint density at radius 3 is 2.54 bits per heavy atom. The molecule has 0 saturated carbocycles. The Labute approximate surface area is 269 Å². The van der Waals surface area contributed by atoms with Gasteiger partial charge in [0, 0.05) is 61.5 Å². The first-order chi connectivity index (χ1) is 22.1. The first-order valence-corrected chi connectivity index (χ1v) is 15.4. The van der Waals surface area contributed by atoms with E-state index in [1.807, 2.05) is 31.2 Å². The van der Waals surface area contributed by atoms with Gasteiger partial charge in [-0.3, -0.25) is 19.0 Å². The number of aryl methyl sites for hydroxylation is 2. The van der Waals surface area contributed by atoms with Crippen molar-refractivity contribution in [3.8, 4) is 28.3 Å². The number of benzene rings is 2.